The molecule has 5 nitrogen and oxygen atoms in total. The minimum absolute atomic E-state index is 0.0184. The molecule has 0 spiro atoms. The molecule has 7 heteroatoms. The molecule has 2 rings (SSSR count). The summed E-state index contributed by atoms with van der Waals surface area (Å²) in [5, 5.41) is 9.31. The average Bonchev–Trinajstić information content (AvgIpc) is 2.59. The number of hydrogen-bond acceptors (Lipinski definition) is 4. The van der Waals surface area contributed by atoms with Crippen LogP contribution in [0.2, 0.25) is 0 Å². The van der Waals surface area contributed by atoms with Gasteiger partial charge in [0.15, 0.2) is 0 Å². The molecule has 92 valence electrons. The molecule has 0 radical (unpaired) electrons. The third-order valence-corrected chi connectivity index (χ3v) is 3.98. The van der Waals surface area contributed by atoms with Gasteiger partial charge in [-0.25, -0.2) is 8.42 Å². The van der Waals surface area contributed by atoms with Crippen LogP contribution in [0.4, 0.5) is 5.69 Å². The Morgan fingerprint density at radius 2 is 1.88 bits per heavy atom. The highest BCUT2D eigenvalue weighted by atomic mass is 35.7. The van der Waals surface area contributed by atoms with Gasteiger partial charge in [-0.3, -0.25) is 4.79 Å². The van der Waals surface area contributed by atoms with Crippen molar-refractivity contribution in [1.82, 2.24) is 0 Å². The van der Waals surface area contributed by atoms with Gasteiger partial charge in [-0.05, 0) is 24.3 Å². The highest BCUT2D eigenvalue weighted by Gasteiger charge is 2.30. The highest BCUT2D eigenvalue weighted by Crippen LogP contribution is 2.24. The highest BCUT2D eigenvalue weighted by molar-refractivity contribution is 8.13. The summed E-state index contributed by atoms with van der Waals surface area (Å²) in [5.74, 6) is -0.369. The summed E-state index contributed by atoms with van der Waals surface area (Å²) < 4.78 is 22.1. The van der Waals surface area contributed by atoms with Crippen LogP contribution in [0.5, 0.6) is 0 Å². The fourth-order valence-corrected chi connectivity index (χ4v) is 2.48. The summed E-state index contributed by atoms with van der Waals surface area (Å²) in [4.78, 5) is 12.9. The van der Waals surface area contributed by atoms with Gasteiger partial charge in [-0.1, -0.05) is 0 Å². The van der Waals surface area contributed by atoms with Crippen LogP contribution in [0.25, 0.3) is 0 Å². The van der Waals surface area contributed by atoms with Crippen LogP contribution in [-0.2, 0) is 13.8 Å². The third kappa shape index (κ3) is 2.43. The van der Waals surface area contributed by atoms with Gasteiger partial charge < -0.3 is 10.0 Å². The van der Waals surface area contributed by atoms with E-state index in [1.807, 2.05) is 0 Å². The van der Waals surface area contributed by atoms with E-state index in [1.165, 1.54) is 29.2 Å². The van der Waals surface area contributed by atoms with Crippen LogP contribution in [0.1, 0.15) is 6.42 Å². The Morgan fingerprint density at radius 1 is 1.29 bits per heavy atom. The third-order valence-electron chi connectivity index (χ3n) is 2.61. The number of rotatable bonds is 2. The second-order valence-corrected chi connectivity index (χ2v) is 6.29. The van der Waals surface area contributed by atoms with Crippen LogP contribution >= 0.6 is 10.7 Å². The van der Waals surface area contributed by atoms with Gasteiger partial charge in [0.2, 0.25) is 0 Å². The second kappa shape index (κ2) is 4.29. The van der Waals surface area contributed by atoms with Crippen LogP contribution in [0, 0.1) is 0 Å². The van der Waals surface area contributed by atoms with Crippen LogP contribution in [-0.4, -0.2) is 32.1 Å². The first-order valence-electron chi connectivity index (χ1n) is 4.94. The number of amides is 1. The number of aliphatic hydroxyl groups excluding tert-OH is 1. The summed E-state index contributed by atoms with van der Waals surface area (Å²) in [6.07, 6.45) is -0.583. The van der Waals surface area contributed by atoms with E-state index in [2.05, 4.69) is 0 Å². The molecule has 0 saturated carbocycles. The van der Waals surface area contributed by atoms with Crippen molar-refractivity contribution in [2.75, 3.05) is 11.4 Å². The van der Waals surface area contributed by atoms with E-state index in [4.69, 9.17) is 10.7 Å². The molecule has 1 amide bonds. The standard InChI is InChI=1S/C10H10ClNO4S/c11-17(15,16)8-3-1-7(2-4-8)12-6-5-9(13)10(12)14/h1-4,9,13H,5-6H2. The molecule has 0 bridgehead atoms. The zero-order chi connectivity index (χ0) is 12.6. The predicted molar refractivity (Wildman–Crippen MR) is 62.5 cm³/mol. The van der Waals surface area contributed by atoms with Gasteiger partial charge in [0, 0.05) is 29.3 Å². The Balaban J connectivity index is 2.28. The summed E-state index contributed by atoms with van der Waals surface area (Å²) in [5.41, 5.74) is 0.551. The number of hydrogen-bond donors (Lipinski definition) is 1. The Bertz CT molecular complexity index is 540. The number of anilines is 1. The van der Waals surface area contributed by atoms with E-state index in [9.17, 15) is 18.3 Å². The van der Waals surface area contributed by atoms with E-state index in [1.54, 1.807) is 0 Å². The normalized spacial score (nSPS) is 20.9. The molecule has 1 unspecified atom stereocenters. The first-order chi connectivity index (χ1) is 7.89. The summed E-state index contributed by atoms with van der Waals surface area (Å²) >= 11 is 0. The lowest BCUT2D eigenvalue weighted by molar-refractivity contribution is -0.123. The quantitative estimate of drug-likeness (QED) is 0.807. The first kappa shape index (κ1) is 12.3. The van der Waals surface area contributed by atoms with E-state index in [0.717, 1.165) is 0 Å². The van der Waals surface area contributed by atoms with Gasteiger partial charge in [0.05, 0.1) is 4.90 Å². The van der Waals surface area contributed by atoms with Crippen molar-refractivity contribution in [3.63, 3.8) is 0 Å². The van der Waals surface area contributed by atoms with E-state index < -0.39 is 15.2 Å². The minimum Gasteiger partial charge on any atom is -0.383 e. The molecule has 0 aliphatic carbocycles. The maximum absolute atomic E-state index is 11.5. The first-order valence-corrected chi connectivity index (χ1v) is 7.25. The minimum atomic E-state index is -3.75. The number of aliphatic hydroxyl groups is 1. The van der Waals surface area contributed by atoms with E-state index in [-0.39, 0.29) is 10.8 Å². The second-order valence-electron chi connectivity index (χ2n) is 3.73. The topological polar surface area (TPSA) is 74.7 Å². The van der Waals surface area contributed by atoms with Crippen LogP contribution in [0.15, 0.2) is 29.2 Å². The maximum atomic E-state index is 11.5. The fraction of sp³-hybridized carbons (Fsp3) is 0.300. The molecule has 1 heterocycles. The lowest BCUT2D eigenvalue weighted by atomic mass is 10.3. The SMILES string of the molecule is O=C1C(O)CCN1c1ccc(S(=O)(=O)Cl)cc1. The molecular formula is C10H10ClNO4S. The molecule has 1 aromatic carbocycles. The number of carbonyl (C=O) groups excluding carboxylic acids is 1. The number of halogens is 1. The monoisotopic (exact) mass is 275 g/mol. The Kier molecular flexibility index (Phi) is 3.11. The van der Waals surface area contributed by atoms with Crippen LogP contribution < -0.4 is 4.90 Å². The molecule has 1 aromatic rings. The summed E-state index contributed by atoms with van der Waals surface area (Å²) in [7, 11) is 1.43. The van der Waals surface area contributed by atoms with Gasteiger partial charge in [-0.15, -0.1) is 0 Å². The van der Waals surface area contributed by atoms with Gasteiger partial charge in [0.1, 0.15) is 6.10 Å². The van der Waals surface area contributed by atoms with E-state index in [0.29, 0.717) is 18.7 Å². The van der Waals surface area contributed by atoms with Crippen molar-refractivity contribution in [3.8, 4) is 0 Å². The molecule has 1 aliphatic heterocycles. The molecule has 1 fully saturated rings. The smallest absolute Gasteiger partial charge is 0.261 e. The lowest BCUT2D eigenvalue weighted by Gasteiger charge is -2.15. The fourth-order valence-electron chi connectivity index (χ4n) is 1.71. The lowest BCUT2D eigenvalue weighted by Crippen LogP contribution is -2.28. The van der Waals surface area contributed by atoms with Crippen molar-refractivity contribution in [3.05, 3.63) is 24.3 Å². The van der Waals surface area contributed by atoms with Crippen molar-refractivity contribution < 1.29 is 18.3 Å². The Labute approximate surface area is 103 Å². The molecular weight excluding hydrogens is 266 g/mol. The molecule has 17 heavy (non-hydrogen) atoms. The molecule has 1 aliphatic rings. The summed E-state index contributed by atoms with van der Waals surface area (Å²) in [6, 6.07) is 5.64. The molecule has 1 saturated heterocycles. The van der Waals surface area contributed by atoms with Gasteiger partial charge >= 0.3 is 0 Å². The molecule has 1 atom stereocenters. The zero-order valence-corrected chi connectivity index (χ0v) is 10.3. The number of nitrogens with zero attached hydrogens (tertiary/aromatic N) is 1. The zero-order valence-electron chi connectivity index (χ0n) is 8.71. The number of carbonyl (C=O) groups is 1. The number of benzene rings is 1. The average molecular weight is 276 g/mol. The maximum Gasteiger partial charge on any atom is 0.261 e. The van der Waals surface area contributed by atoms with Gasteiger partial charge in [0.25, 0.3) is 15.0 Å². The van der Waals surface area contributed by atoms with Crippen LogP contribution in [0.3, 0.4) is 0 Å². The Hall–Kier alpha value is -1.11. The predicted octanol–water partition coefficient (Wildman–Crippen LogP) is 0.712. The van der Waals surface area contributed by atoms with Crippen molar-refractivity contribution in [2.24, 2.45) is 0 Å². The molecule has 0 aromatic heterocycles. The van der Waals surface area contributed by atoms with Crippen molar-refractivity contribution in [1.29, 1.82) is 0 Å². The summed E-state index contributed by atoms with van der Waals surface area (Å²) in [6.45, 7) is 0.424. The largest absolute Gasteiger partial charge is 0.383 e. The van der Waals surface area contributed by atoms with Crippen molar-refractivity contribution in [2.45, 2.75) is 17.4 Å². The van der Waals surface area contributed by atoms with E-state index >= 15 is 0 Å². The Morgan fingerprint density at radius 3 is 2.29 bits per heavy atom. The molecule has 1 N–H and O–H groups in total. The van der Waals surface area contributed by atoms with Gasteiger partial charge in [-0.2, -0.15) is 0 Å². The van der Waals surface area contributed by atoms with Crippen molar-refractivity contribution >= 4 is 31.3 Å².